The highest BCUT2D eigenvalue weighted by atomic mass is 16.2. The van der Waals surface area contributed by atoms with Gasteiger partial charge in [-0.05, 0) is 19.4 Å². The summed E-state index contributed by atoms with van der Waals surface area (Å²) in [7, 11) is 0. The highest BCUT2D eigenvalue weighted by Crippen LogP contribution is 2.15. The van der Waals surface area contributed by atoms with E-state index in [-0.39, 0.29) is 17.0 Å². The SMILES string of the molecule is C[C@H](c1cc(=O)[nH]c(NCCN2CCCC2=O)n1)n1ncc2ccccc2c1=O. The van der Waals surface area contributed by atoms with Gasteiger partial charge in [0.05, 0.1) is 23.3 Å². The Hall–Kier alpha value is -3.49. The summed E-state index contributed by atoms with van der Waals surface area (Å²) >= 11 is 0. The first-order valence-electron chi connectivity index (χ1n) is 9.62. The van der Waals surface area contributed by atoms with Crippen molar-refractivity contribution in [2.75, 3.05) is 25.0 Å². The number of fused-ring (bicyclic) bond motifs is 1. The van der Waals surface area contributed by atoms with Crippen molar-refractivity contribution in [2.45, 2.75) is 25.8 Å². The van der Waals surface area contributed by atoms with Crippen LogP contribution in [0, 0.1) is 0 Å². The maximum Gasteiger partial charge on any atom is 0.275 e. The van der Waals surface area contributed by atoms with Gasteiger partial charge in [-0.25, -0.2) is 9.67 Å². The maximum absolute atomic E-state index is 12.8. The molecule has 1 aromatic carbocycles. The van der Waals surface area contributed by atoms with Crippen LogP contribution in [0.1, 0.15) is 31.5 Å². The van der Waals surface area contributed by atoms with E-state index >= 15 is 0 Å². The molecule has 2 aromatic heterocycles. The molecule has 3 heterocycles. The molecule has 1 saturated heterocycles. The molecule has 1 fully saturated rings. The average molecular weight is 394 g/mol. The Labute approximate surface area is 166 Å². The van der Waals surface area contributed by atoms with E-state index in [9.17, 15) is 14.4 Å². The van der Waals surface area contributed by atoms with Crippen LogP contribution in [0.2, 0.25) is 0 Å². The van der Waals surface area contributed by atoms with Crippen LogP contribution >= 0.6 is 0 Å². The lowest BCUT2D eigenvalue weighted by molar-refractivity contribution is -0.127. The van der Waals surface area contributed by atoms with E-state index in [0.717, 1.165) is 18.4 Å². The molecule has 3 aromatic rings. The molecule has 2 N–H and O–H groups in total. The largest absolute Gasteiger partial charge is 0.354 e. The Morgan fingerprint density at radius 1 is 1.24 bits per heavy atom. The second kappa shape index (κ2) is 7.86. The third kappa shape index (κ3) is 3.89. The van der Waals surface area contributed by atoms with Gasteiger partial charge in [-0.2, -0.15) is 5.10 Å². The number of benzene rings is 1. The summed E-state index contributed by atoms with van der Waals surface area (Å²) < 4.78 is 1.33. The van der Waals surface area contributed by atoms with Crippen LogP contribution in [0.15, 0.2) is 46.1 Å². The monoisotopic (exact) mass is 394 g/mol. The third-order valence-electron chi connectivity index (χ3n) is 5.12. The number of hydrogen-bond acceptors (Lipinski definition) is 6. The van der Waals surface area contributed by atoms with Crippen LogP contribution < -0.4 is 16.4 Å². The van der Waals surface area contributed by atoms with Crippen molar-refractivity contribution in [1.82, 2.24) is 24.6 Å². The second-order valence-electron chi connectivity index (χ2n) is 7.09. The normalized spacial score (nSPS) is 15.1. The molecule has 29 heavy (non-hydrogen) atoms. The highest BCUT2D eigenvalue weighted by molar-refractivity contribution is 5.80. The zero-order chi connectivity index (χ0) is 20.4. The summed E-state index contributed by atoms with van der Waals surface area (Å²) in [4.78, 5) is 45.5. The van der Waals surface area contributed by atoms with Gasteiger partial charge in [0.15, 0.2) is 0 Å². The summed E-state index contributed by atoms with van der Waals surface area (Å²) in [6, 6.07) is 8.08. The van der Waals surface area contributed by atoms with E-state index < -0.39 is 6.04 Å². The molecule has 1 aliphatic rings. The van der Waals surface area contributed by atoms with Crippen LogP contribution in [0.3, 0.4) is 0 Å². The number of aromatic nitrogens is 4. The van der Waals surface area contributed by atoms with Gasteiger partial charge in [0.1, 0.15) is 0 Å². The molecule has 1 atom stereocenters. The molecule has 150 valence electrons. The Bertz CT molecular complexity index is 1170. The van der Waals surface area contributed by atoms with E-state index in [2.05, 4.69) is 20.4 Å². The van der Waals surface area contributed by atoms with Crippen molar-refractivity contribution in [2.24, 2.45) is 0 Å². The van der Waals surface area contributed by atoms with Gasteiger partial charge < -0.3 is 10.2 Å². The molecular formula is C20H22N6O3. The number of hydrogen-bond donors (Lipinski definition) is 2. The van der Waals surface area contributed by atoms with Crippen molar-refractivity contribution >= 4 is 22.6 Å². The topological polar surface area (TPSA) is 113 Å². The van der Waals surface area contributed by atoms with E-state index in [1.54, 1.807) is 30.2 Å². The Morgan fingerprint density at radius 2 is 2.07 bits per heavy atom. The fraction of sp³-hybridized carbons (Fsp3) is 0.350. The molecule has 9 nitrogen and oxygen atoms in total. The summed E-state index contributed by atoms with van der Waals surface area (Å²) in [5.74, 6) is 0.456. The molecule has 0 bridgehead atoms. The van der Waals surface area contributed by atoms with Crippen LogP contribution in [-0.2, 0) is 4.79 Å². The van der Waals surface area contributed by atoms with E-state index in [1.165, 1.54) is 10.7 Å². The Morgan fingerprint density at radius 3 is 2.86 bits per heavy atom. The molecule has 1 aliphatic heterocycles. The number of carbonyl (C=O) groups is 1. The first kappa shape index (κ1) is 18.9. The van der Waals surface area contributed by atoms with Gasteiger partial charge >= 0.3 is 0 Å². The Balaban J connectivity index is 1.55. The number of anilines is 1. The lowest BCUT2D eigenvalue weighted by atomic mass is 10.2. The van der Waals surface area contributed by atoms with Crippen molar-refractivity contribution in [1.29, 1.82) is 0 Å². The Kier molecular flexibility index (Phi) is 5.11. The molecule has 0 spiro atoms. The van der Waals surface area contributed by atoms with Crippen molar-refractivity contribution < 1.29 is 4.79 Å². The van der Waals surface area contributed by atoms with Crippen molar-refractivity contribution in [3.63, 3.8) is 0 Å². The third-order valence-corrected chi connectivity index (χ3v) is 5.12. The molecule has 1 amide bonds. The standard InChI is InChI=1S/C20H22N6O3/c1-13(26-19(29)15-6-3-2-5-14(15)12-22-26)16-11-17(27)24-20(23-16)21-8-10-25-9-4-7-18(25)28/h2-3,5-6,11-13H,4,7-10H2,1H3,(H2,21,23,24,27)/t13-/m1/s1. The number of carbonyl (C=O) groups excluding carboxylic acids is 1. The quantitative estimate of drug-likeness (QED) is 0.648. The van der Waals surface area contributed by atoms with E-state index in [4.69, 9.17) is 0 Å². The van der Waals surface area contributed by atoms with Crippen LogP contribution in [0.25, 0.3) is 10.8 Å². The van der Waals surface area contributed by atoms with E-state index in [1.807, 2.05) is 12.1 Å². The predicted octanol–water partition coefficient (Wildman–Crippen LogP) is 1.12. The summed E-state index contributed by atoms with van der Waals surface area (Å²) in [6.45, 7) is 3.56. The number of H-pyrrole nitrogens is 1. The van der Waals surface area contributed by atoms with Gasteiger partial charge in [0, 0.05) is 37.5 Å². The second-order valence-corrected chi connectivity index (χ2v) is 7.09. The summed E-state index contributed by atoms with van der Waals surface area (Å²) in [6.07, 6.45) is 3.11. The summed E-state index contributed by atoms with van der Waals surface area (Å²) in [5, 5.41) is 8.63. The summed E-state index contributed by atoms with van der Waals surface area (Å²) in [5.41, 5.74) is -0.131. The number of amides is 1. The fourth-order valence-corrected chi connectivity index (χ4v) is 3.53. The minimum atomic E-state index is -0.518. The molecule has 0 aliphatic carbocycles. The molecule has 4 rings (SSSR count). The predicted molar refractivity (Wildman–Crippen MR) is 109 cm³/mol. The van der Waals surface area contributed by atoms with Gasteiger partial charge in [-0.15, -0.1) is 0 Å². The molecule has 0 unspecified atom stereocenters. The minimum absolute atomic E-state index is 0.150. The van der Waals surface area contributed by atoms with Crippen LogP contribution in [0.5, 0.6) is 0 Å². The molecule has 9 heteroatoms. The van der Waals surface area contributed by atoms with Crippen molar-refractivity contribution in [3.8, 4) is 0 Å². The van der Waals surface area contributed by atoms with Crippen LogP contribution in [-0.4, -0.2) is 50.2 Å². The molecular weight excluding hydrogens is 372 g/mol. The smallest absolute Gasteiger partial charge is 0.275 e. The lowest BCUT2D eigenvalue weighted by Crippen LogP contribution is -2.31. The van der Waals surface area contributed by atoms with Gasteiger partial charge in [0.25, 0.3) is 11.1 Å². The fourth-order valence-electron chi connectivity index (χ4n) is 3.53. The van der Waals surface area contributed by atoms with E-state index in [0.29, 0.717) is 36.5 Å². The number of rotatable bonds is 6. The highest BCUT2D eigenvalue weighted by Gasteiger charge is 2.19. The van der Waals surface area contributed by atoms with Crippen molar-refractivity contribution in [3.05, 3.63) is 62.9 Å². The maximum atomic E-state index is 12.8. The molecule has 0 radical (unpaired) electrons. The van der Waals surface area contributed by atoms with Gasteiger partial charge in [-0.1, -0.05) is 18.2 Å². The number of likely N-dealkylation sites (tertiary alicyclic amines) is 1. The first-order valence-corrected chi connectivity index (χ1v) is 9.62. The minimum Gasteiger partial charge on any atom is -0.354 e. The average Bonchev–Trinajstić information content (AvgIpc) is 3.12. The number of aromatic amines is 1. The number of nitrogens with one attached hydrogen (secondary N) is 2. The number of nitrogens with zero attached hydrogens (tertiary/aromatic N) is 4. The van der Waals surface area contributed by atoms with Crippen LogP contribution in [0.4, 0.5) is 5.95 Å². The van der Waals surface area contributed by atoms with Gasteiger partial charge in [-0.3, -0.25) is 19.4 Å². The zero-order valence-electron chi connectivity index (χ0n) is 16.1. The zero-order valence-corrected chi connectivity index (χ0v) is 16.1. The first-order chi connectivity index (χ1) is 14.0. The van der Waals surface area contributed by atoms with Gasteiger partial charge in [0.2, 0.25) is 11.9 Å². The molecule has 0 saturated carbocycles. The lowest BCUT2D eigenvalue weighted by Gasteiger charge is -2.17.